The van der Waals surface area contributed by atoms with Crippen LogP contribution in [0, 0.1) is 0 Å². The third kappa shape index (κ3) is 5.33. The molecule has 1 saturated heterocycles. The van der Waals surface area contributed by atoms with E-state index in [1.807, 2.05) is 18.2 Å². The zero-order chi connectivity index (χ0) is 17.5. The first-order chi connectivity index (χ1) is 12.2. The van der Waals surface area contributed by atoms with Crippen LogP contribution in [0.15, 0.2) is 54.6 Å². The molecule has 4 heteroatoms. The summed E-state index contributed by atoms with van der Waals surface area (Å²) in [6, 6.07) is 19.0. The normalized spacial score (nSPS) is 17.5. The maximum atomic E-state index is 10.7. The molecule has 0 spiro atoms. The molecule has 1 aliphatic rings. The first-order valence-electron chi connectivity index (χ1n) is 8.92. The van der Waals surface area contributed by atoms with Gasteiger partial charge in [-0.1, -0.05) is 42.5 Å². The molecule has 0 saturated carbocycles. The van der Waals surface area contributed by atoms with Gasteiger partial charge in [-0.3, -0.25) is 9.69 Å². The molecule has 3 rings (SSSR count). The van der Waals surface area contributed by atoms with Crippen molar-refractivity contribution in [3.63, 3.8) is 0 Å². The lowest BCUT2D eigenvalue weighted by molar-refractivity contribution is -0.137. The molecule has 0 radical (unpaired) electrons. The molecular formula is C21H25NO3. The van der Waals surface area contributed by atoms with Crippen molar-refractivity contribution in [2.75, 3.05) is 19.7 Å². The summed E-state index contributed by atoms with van der Waals surface area (Å²) >= 11 is 0. The fraction of sp³-hybridized carbons (Fsp3) is 0.381. The van der Waals surface area contributed by atoms with Crippen molar-refractivity contribution in [2.45, 2.75) is 31.7 Å². The smallest absolute Gasteiger partial charge is 0.304 e. The van der Waals surface area contributed by atoms with Gasteiger partial charge in [-0.15, -0.1) is 0 Å². The topological polar surface area (TPSA) is 49.8 Å². The van der Waals surface area contributed by atoms with Gasteiger partial charge in [0.2, 0.25) is 0 Å². The molecular weight excluding hydrogens is 314 g/mol. The average Bonchev–Trinajstić information content (AvgIpc) is 3.08. The second-order valence-electron chi connectivity index (χ2n) is 6.59. The summed E-state index contributed by atoms with van der Waals surface area (Å²) in [7, 11) is 0. The maximum absolute atomic E-state index is 10.7. The van der Waals surface area contributed by atoms with E-state index in [9.17, 15) is 4.79 Å². The third-order valence-electron chi connectivity index (χ3n) is 4.73. The van der Waals surface area contributed by atoms with Crippen LogP contribution < -0.4 is 4.74 Å². The summed E-state index contributed by atoms with van der Waals surface area (Å²) in [6.45, 7) is 2.20. The van der Waals surface area contributed by atoms with Gasteiger partial charge >= 0.3 is 5.97 Å². The lowest BCUT2D eigenvalue weighted by Crippen LogP contribution is -2.35. The summed E-state index contributed by atoms with van der Waals surface area (Å²) in [4.78, 5) is 13.0. The minimum atomic E-state index is -0.736. The molecule has 2 aromatic carbocycles. The highest BCUT2D eigenvalue weighted by molar-refractivity contribution is 5.66. The number of hydrogen-bond acceptors (Lipinski definition) is 3. The van der Waals surface area contributed by atoms with Crippen molar-refractivity contribution in [1.82, 2.24) is 4.90 Å². The molecule has 0 bridgehead atoms. The molecule has 4 nitrogen and oxygen atoms in total. The predicted octanol–water partition coefficient (Wildman–Crippen LogP) is 3.60. The second kappa shape index (κ2) is 8.67. The minimum absolute atomic E-state index is 0.199. The first-order valence-corrected chi connectivity index (χ1v) is 8.92. The quantitative estimate of drug-likeness (QED) is 0.798. The number of carbonyl (C=O) groups is 1. The molecule has 25 heavy (non-hydrogen) atoms. The summed E-state index contributed by atoms with van der Waals surface area (Å²) in [5, 5.41) is 8.84. The highest BCUT2D eigenvalue weighted by Gasteiger charge is 2.25. The average molecular weight is 339 g/mol. The summed E-state index contributed by atoms with van der Waals surface area (Å²) in [5.41, 5.74) is 2.57. The molecule has 0 amide bonds. The third-order valence-corrected chi connectivity index (χ3v) is 4.73. The van der Waals surface area contributed by atoms with E-state index in [0.29, 0.717) is 19.2 Å². The van der Waals surface area contributed by atoms with Gasteiger partial charge < -0.3 is 9.84 Å². The van der Waals surface area contributed by atoms with Crippen LogP contribution in [-0.4, -0.2) is 41.7 Å². The van der Waals surface area contributed by atoms with Crippen molar-refractivity contribution in [1.29, 1.82) is 0 Å². The number of nitrogens with zero attached hydrogens (tertiary/aromatic N) is 1. The van der Waals surface area contributed by atoms with Crippen molar-refractivity contribution >= 4 is 5.97 Å². The van der Waals surface area contributed by atoms with E-state index in [0.717, 1.165) is 31.6 Å². The largest absolute Gasteiger partial charge is 0.492 e. The number of likely N-dealkylation sites (tertiary alicyclic amines) is 1. The van der Waals surface area contributed by atoms with E-state index in [4.69, 9.17) is 9.84 Å². The molecule has 2 aromatic rings. The molecule has 0 unspecified atom stereocenters. The molecule has 1 heterocycles. The Kier molecular flexibility index (Phi) is 6.07. The molecule has 1 atom stereocenters. The number of benzene rings is 2. The van der Waals surface area contributed by atoms with Crippen LogP contribution in [0.1, 0.15) is 30.4 Å². The van der Waals surface area contributed by atoms with Crippen molar-refractivity contribution in [3.8, 4) is 5.75 Å². The van der Waals surface area contributed by atoms with Gasteiger partial charge in [0, 0.05) is 12.6 Å². The zero-order valence-corrected chi connectivity index (χ0v) is 14.4. The summed E-state index contributed by atoms with van der Waals surface area (Å²) in [5.74, 6) is 0.141. The predicted molar refractivity (Wildman–Crippen MR) is 98.0 cm³/mol. The lowest BCUT2D eigenvalue weighted by atomic mass is 10.1. The van der Waals surface area contributed by atoms with E-state index in [1.54, 1.807) is 0 Å². The fourth-order valence-electron chi connectivity index (χ4n) is 3.35. The zero-order valence-electron chi connectivity index (χ0n) is 14.4. The Labute approximate surface area is 149 Å². The van der Waals surface area contributed by atoms with Gasteiger partial charge in [0.25, 0.3) is 0 Å². The van der Waals surface area contributed by atoms with E-state index < -0.39 is 5.97 Å². The minimum Gasteiger partial charge on any atom is -0.492 e. The van der Waals surface area contributed by atoms with Crippen LogP contribution in [0.5, 0.6) is 5.75 Å². The molecule has 1 aliphatic heterocycles. The molecule has 1 N–H and O–H groups in total. The van der Waals surface area contributed by atoms with Crippen molar-refractivity contribution in [2.24, 2.45) is 0 Å². The molecule has 1 fully saturated rings. The van der Waals surface area contributed by atoms with Crippen LogP contribution in [-0.2, 0) is 11.2 Å². The van der Waals surface area contributed by atoms with E-state index in [-0.39, 0.29) is 6.42 Å². The Hall–Kier alpha value is -2.33. The van der Waals surface area contributed by atoms with Crippen LogP contribution in [0.4, 0.5) is 0 Å². The van der Waals surface area contributed by atoms with E-state index >= 15 is 0 Å². The number of rotatable bonds is 8. The van der Waals surface area contributed by atoms with Crippen LogP contribution in [0.25, 0.3) is 0 Å². The van der Waals surface area contributed by atoms with Gasteiger partial charge in [0.05, 0.1) is 6.42 Å². The van der Waals surface area contributed by atoms with Gasteiger partial charge in [-0.25, -0.2) is 0 Å². The van der Waals surface area contributed by atoms with Gasteiger partial charge in [-0.05, 0) is 49.1 Å². The molecule has 0 aromatic heterocycles. The fourth-order valence-corrected chi connectivity index (χ4v) is 3.35. The molecule has 132 valence electrons. The van der Waals surface area contributed by atoms with E-state index in [1.165, 1.54) is 11.1 Å². The van der Waals surface area contributed by atoms with Gasteiger partial charge in [0.15, 0.2) is 0 Å². The number of aliphatic carboxylic acids is 1. The highest BCUT2D eigenvalue weighted by atomic mass is 16.5. The standard InChI is InChI=1S/C21H25NO3/c23-21(24)12-14-22-13-4-7-19(22)16-25-20-10-8-18(9-11-20)15-17-5-2-1-3-6-17/h1-3,5-6,8-11,19H,4,7,12-16H2,(H,23,24)/t19-/m0/s1. The Morgan fingerprint density at radius 1 is 1.08 bits per heavy atom. The number of hydrogen-bond donors (Lipinski definition) is 1. The van der Waals surface area contributed by atoms with Gasteiger partial charge in [0.1, 0.15) is 12.4 Å². The Morgan fingerprint density at radius 3 is 2.52 bits per heavy atom. The van der Waals surface area contributed by atoms with Crippen LogP contribution in [0.3, 0.4) is 0 Å². The molecule has 0 aliphatic carbocycles. The Bertz CT molecular complexity index is 669. The Balaban J connectivity index is 1.49. The number of ether oxygens (including phenoxy) is 1. The first kappa shape index (κ1) is 17.5. The van der Waals surface area contributed by atoms with E-state index in [2.05, 4.69) is 41.3 Å². The van der Waals surface area contributed by atoms with Crippen molar-refractivity contribution < 1.29 is 14.6 Å². The second-order valence-corrected chi connectivity index (χ2v) is 6.59. The van der Waals surface area contributed by atoms with Crippen LogP contribution in [0.2, 0.25) is 0 Å². The Morgan fingerprint density at radius 2 is 1.80 bits per heavy atom. The summed E-state index contributed by atoms with van der Waals surface area (Å²) in [6.07, 6.45) is 3.31. The maximum Gasteiger partial charge on any atom is 0.304 e. The van der Waals surface area contributed by atoms with Crippen LogP contribution >= 0.6 is 0 Å². The monoisotopic (exact) mass is 339 g/mol. The lowest BCUT2D eigenvalue weighted by Gasteiger charge is -2.23. The summed E-state index contributed by atoms with van der Waals surface area (Å²) < 4.78 is 5.94. The van der Waals surface area contributed by atoms with Gasteiger partial charge in [-0.2, -0.15) is 0 Å². The highest BCUT2D eigenvalue weighted by Crippen LogP contribution is 2.20. The SMILES string of the molecule is O=C(O)CCN1CCC[C@H]1COc1ccc(Cc2ccccc2)cc1. The van der Waals surface area contributed by atoms with Crippen molar-refractivity contribution in [3.05, 3.63) is 65.7 Å². The number of carboxylic acids is 1. The number of carboxylic acid groups (broad SMARTS) is 1.